The minimum absolute atomic E-state index is 0.0556. The number of nitrogens with zero attached hydrogens (tertiary/aromatic N) is 3. The first-order chi connectivity index (χ1) is 11.7. The standard InChI is InChI=1S/C12H18N5O7P/c1-3-5-7(24-25(19,20)21)8(22-2)11(23-5)17-4-14-6-9(17)15-12(13)16-10(6)18/h4-5,7-8,11H,3H2,1-2H3,(H2,19,20,21)(H3,13,15,16,18)/t5-,7?,8?,11-/m1/s1. The summed E-state index contributed by atoms with van der Waals surface area (Å²) < 4.78 is 28.8. The van der Waals surface area contributed by atoms with E-state index in [9.17, 15) is 9.36 Å². The lowest BCUT2D eigenvalue weighted by Gasteiger charge is -2.23. The van der Waals surface area contributed by atoms with Crippen molar-refractivity contribution in [3.63, 3.8) is 0 Å². The maximum Gasteiger partial charge on any atom is 0.470 e. The van der Waals surface area contributed by atoms with Crippen LogP contribution < -0.4 is 11.3 Å². The molecule has 0 spiro atoms. The van der Waals surface area contributed by atoms with Crippen LogP contribution in [0.25, 0.3) is 11.2 Å². The van der Waals surface area contributed by atoms with Gasteiger partial charge in [-0.05, 0) is 6.42 Å². The fourth-order valence-corrected chi connectivity index (χ4v) is 3.50. The highest BCUT2D eigenvalue weighted by Gasteiger charge is 2.49. The van der Waals surface area contributed by atoms with Crippen molar-refractivity contribution < 1.29 is 28.3 Å². The lowest BCUT2D eigenvalue weighted by molar-refractivity contribution is -0.0496. The number of aromatic amines is 1. The molecule has 0 bridgehead atoms. The van der Waals surface area contributed by atoms with Crippen molar-refractivity contribution in [3.05, 3.63) is 16.7 Å². The zero-order valence-corrected chi connectivity index (χ0v) is 14.3. The Morgan fingerprint density at radius 3 is 2.80 bits per heavy atom. The first-order valence-electron chi connectivity index (χ1n) is 7.39. The molecule has 2 aromatic heterocycles. The second kappa shape index (κ2) is 6.48. The highest BCUT2D eigenvalue weighted by Crippen LogP contribution is 2.45. The van der Waals surface area contributed by atoms with E-state index >= 15 is 0 Å². The third-order valence-electron chi connectivity index (χ3n) is 3.94. The summed E-state index contributed by atoms with van der Waals surface area (Å²) >= 11 is 0. The molecule has 1 aliphatic rings. The number of nitrogen functional groups attached to an aromatic ring is 1. The van der Waals surface area contributed by atoms with Gasteiger partial charge in [-0.2, -0.15) is 4.98 Å². The Bertz CT molecular complexity index is 876. The van der Waals surface area contributed by atoms with Crippen LogP contribution in [0, 0.1) is 0 Å². The number of fused-ring (bicyclic) bond motifs is 1. The first kappa shape index (κ1) is 18.0. The Morgan fingerprint density at radius 2 is 2.20 bits per heavy atom. The molecule has 5 N–H and O–H groups in total. The molecule has 0 amide bonds. The number of phosphoric acid groups is 1. The van der Waals surface area contributed by atoms with Crippen LogP contribution >= 0.6 is 7.82 Å². The Kier molecular flexibility index (Phi) is 4.66. The third kappa shape index (κ3) is 3.32. The van der Waals surface area contributed by atoms with Gasteiger partial charge in [0.2, 0.25) is 5.95 Å². The normalized spacial score (nSPS) is 27.2. The molecule has 2 aromatic rings. The highest BCUT2D eigenvalue weighted by atomic mass is 31.2. The molecular formula is C12H18N5O7P. The zero-order chi connectivity index (χ0) is 18.4. The second-order valence-corrected chi connectivity index (χ2v) is 6.70. The zero-order valence-electron chi connectivity index (χ0n) is 13.4. The number of anilines is 1. The molecule has 3 heterocycles. The van der Waals surface area contributed by atoms with Crippen molar-refractivity contribution in [2.75, 3.05) is 12.8 Å². The molecule has 12 nitrogen and oxygen atoms in total. The van der Waals surface area contributed by atoms with Gasteiger partial charge in [0.15, 0.2) is 17.4 Å². The molecule has 1 saturated heterocycles. The minimum atomic E-state index is -4.76. The van der Waals surface area contributed by atoms with Crippen molar-refractivity contribution in [3.8, 4) is 0 Å². The van der Waals surface area contributed by atoms with E-state index in [2.05, 4.69) is 15.0 Å². The molecule has 1 aliphatic heterocycles. The van der Waals surface area contributed by atoms with E-state index in [0.29, 0.717) is 6.42 Å². The lowest BCUT2D eigenvalue weighted by Crippen LogP contribution is -2.35. The van der Waals surface area contributed by atoms with Gasteiger partial charge in [0.25, 0.3) is 5.56 Å². The average molecular weight is 375 g/mol. The number of hydrogen-bond acceptors (Lipinski definition) is 8. The number of hydrogen-bond donors (Lipinski definition) is 4. The van der Waals surface area contributed by atoms with E-state index < -0.39 is 37.9 Å². The lowest BCUT2D eigenvalue weighted by atomic mass is 10.1. The van der Waals surface area contributed by atoms with Gasteiger partial charge in [0, 0.05) is 7.11 Å². The second-order valence-electron chi connectivity index (χ2n) is 5.51. The average Bonchev–Trinajstić information content (AvgIpc) is 3.06. The fraction of sp³-hybridized carbons (Fsp3) is 0.583. The molecule has 0 radical (unpaired) electrons. The topological polar surface area (TPSA) is 175 Å². The summed E-state index contributed by atoms with van der Waals surface area (Å²) in [7, 11) is -3.39. The van der Waals surface area contributed by atoms with Crippen LogP contribution in [0.2, 0.25) is 0 Å². The number of nitrogens with one attached hydrogen (secondary N) is 1. The summed E-state index contributed by atoms with van der Waals surface area (Å²) in [4.78, 5) is 40.6. The number of aromatic nitrogens is 4. The monoisotopic (exact) mass is 375 g/mol. The van der Waals surface area contributed by atoms with Crippen molar-refractivity contribution in [2.45, 2.75) is 37.9 Å². The highest BCUT2D eigenvalue weighted by molar-refractivity contribution is 7.46. The molecule has 3 rings (SSSR count). The smallest absolute Gasteiger partial charge is 0.374 e. The number of ether oxygens (including phenoxy) is 2. The number of H-pyrrole nitrogens is 1. The van der Waals surface area contributed by atoms with Gasteiger partial charge >= 0.3 is 7.82 Å². The van der Waals surface area contributed by atoms with Crippen LogP contribution in [-0.4, -0.2) is 54.7 Å². The predicted octanol–water partition coefficient (Wildman–Crippen LogP) is -0.498. The Balaban J connectivity index is 2.05. The Morgan fingerprint density at radius 1 is 1.48 bits per heavy atom. The van der Waals surface area contributed by atoms with Gasteiger partial charge in [-0.1, -0.05) is 6.92 Å². The summed E-state index contributed by atoms with van der Waals surface area (Å²) in [5, 5.41) is 0. The third-order valence-corrected chi connectivity index (χ3v) is 4.46. The van der Waals surface area contributed by atoms with Crippen molar-refractivity contribution in [2.24, 2.45) is 0 Å². The maximum absolute atomic E-state index is 11.9. The number of imidazole rings is 1. The van der Waals surface area contributed by atoms with Gasteiger partial charge in [0.05, 0.1) is 12.4 Å². The van der Waals surface area contributed by atoms with Crippen LogP contribution in [0.15, 0.2) is 11.1 Å². The van der Waals surface area contributed by atoms with Gasteiger partial charge in [-0.3, -0.25) is 18.9 Å². The Labute approximate surface area is 141 Å². The maximum atomic E-state index is 11.9. The predicted molar refractivity (Wildman–Crippen MR) is 84.5 cm³/mol. The summed E-state index contributed by atoms with van der Waals surface area (Å²) in [6.45, 7) is 1.78. The summed E-state index contributed by atoms with van der Waals surface area (Å²) in [6, 6.07) is 0. The van der Waals surface area contributed by atoms with E-state index in [1.165, 1.54) is 18.0 Å². The van der Waals surface area contributed by atoms with Crippen molar-refractivity contribution in [1.29, 1.82) is 0 Å². The van der Waals surface area contributed by atoms with Gasteiger partial charge < -0.3 is 25.0 Å². The number of rotatable bonds is 5. The Hall–Kier alpha value is -1.82. The molecule has 4 atom stereocenters. The van der Waals surface area contributed by atoms with Crippen molar-refractivity contribution >= 4 is 24.9 Å². The SMILES string of the molecule is CC[C@H]1O[C@@H](n2cnc3c(=O)[nH]c(N)nc32)C(OC)C1OP(=O)(O)O. The molecule has 25 heavy (non-hydrogen) atoms. The van der Waals surface area contributed by atoms with Crippen LogP contribution in [-0.2, 0) is 18.6 Å². The summed E-state index contributed by atoms with van der Waals surface area (Å²) in [5.41, 5.74) is 5.29. The van der Waals surface area contributed by atoms with E-state index in [1.807, 2.05) is 0 Å². The molecule has 0 aliphatic carbocycles. The minimum Gasteiger partial charge on any atom is -0.374 e. The molecule has 138 valence electrons. The molecule has 1 fully saturated rings. The number of nitrogens with two attached hydrogens (primary N) is 1. The number of phosphoric ester groups is 1. The summed E-state index contributed by atoms with van der Waals surface area (Å²) in [6.07, 6.45) is -1.63. The van der Waals surface area contributed by atoms with Gasteiger partial charge in [0.1, 0.15) is 12.2 Å². The molecule has 13 heteroatoms. The largest absolute Gasteiger partial charge is 0.470 e. The van der Waals surface area contributed by atoms with Crippen LogP contribution in [0.3, 0.4) is 0 Å². The first-order valence-corrected chi connectivity index (χ1v) is 8.92. The molecule has 2 unspecified atom stereocenters. The van der Waals surface area contributed by atoms with Gasteiger partial charge in [-0.15, -0.1) is 0 Å². The van der Waals surface area contributed by atoms with Crippen LogP contribution in [0.1, 0.15) is 19.6 Å². The fourth-order valence-electron chi connectivity index (χ4n) is 2.93. The van der Waals surface area contributed by atoms with E-state index in [-0.39, 0.29) is 17.1 Å². The van der Waals surface area contributed by atoms with Crippen LogP contribution in [0.5, 0.6) is 0 Å². The molecular weight excluding hydrogens is 357 g/mol. The van der Waals surface area contributed by atoms with Crippen LogP contribution in [0.4, 0.5) is 5.95 Å². The number of methoxy groups -OCH3 is 1. The van der Waals surface area contributed by atoms with E-state index in [1.54, 1.807) is 6.92 Å². The van der Waals surface area contributed by atoms with Gasteiger partial charge in [-0.25, -0.2) is 9.55 Å². The summed E-state index contributed by atoms with van der Waals surface area (Å²) in [5.74, 6) is -0.0960. The molecule has 0 aromatic carbocycles. The van der Waals surface area contributed by atoms with Crippen molar-refractivity contribution in [1.82, 2.24) is 19.5 Å². The van der Waals surface area contributed by atoms with E-state index in [4.69, 9.17) is 29.5 Å². The quantitative estimate of drug-likeness (QED) is 0.499. The molecule has 0 saturated carbocycles. The van der Waals surface area contributed by atoms with E-state index in [0.717, 1.165) is 0 Å².